The van der Waals surface area contributed by atoms with Gasteiger partial charge in [0.25, 0.3) is 0 Å². The van der Waals surface area contributed by atoms with Crippen molar-refractivity contribution in [2.75, 3.05) is 14.1 Å². The van der Waals surface area contributed by atoms with Gasteiger partial charge in [0.1, 0.15) is 0 Å². The Morgan fingerprint density at radius 1 is 1.43 bits per heavy atom. The Bertz CT molecular complexity index is 29.3. The zero-order chi connectivity index (χ0) is 4.99. The van der Waals surface area contributed by atoms with Crippen LogP contribution in [-0.2, 0) is 0 Å². The van der Waals surface area contributed by atoms with Crippen LogP contribution >= 0.6 is 12.4 Å². The topological polar surface area (TPSA) is 3.24 Å². The maximum Gasteiger partial charge on any atom is 0.0242 e. The molecule has 0 rings (SSSR count). The molecule has 0 bridgehead atoms. The van der Waals surface area contributed by atoms with Gasteiger partial charge in [-0.15, -0.1) is 12.4 Å². The van der Waals surface area contributed by atoms with Crippen molar-refractivity contribution in [1.29, 1.82) is 0 Å². The summed E-state index contributed by atoms with van der Waals surface area (Å²) in [6, 6.07) is 0. The van der Waals surface area contributed by atoms with Crippen LogP contribution in [0.25, 0.3) is 0 Å². The zero-order valence-electron chi connectivity index (χ0n) is 5.14. The summed E-state index contributed by atoms with van der Waals surface area (Å²) in [7, 11) is 4.06. The number of halogens is 1. The molecule has 0 atom stereocenters. The zero-order valence-corrected chi connectivity index (χ0v) is 5.96. The van der Waals surface area contributed by atoms with E-state index in [0.29, 0.717) is 0 Å². The minimum atomic E-state index is 0. The third-order valence-corrected chi connectivity index (χ3v) is 0.548. The molecule has 0 aromatic rings. The SMILES string of the molecule is CC[CH]N(C)C.Cl. The van der Waals surface area contributed by atoms with Crippen molar-refractivity contribution < 1.29 is 0 Å². The van der Waals surface area contributed by atoms with Gasteiger partial charge < -0.3 is 4.90 Å². The molecular formula is C5H13ClN. The molecule has 0 fully saturated rings. The second-order valence-electron chi connectivity index (χ2n) is 1.55. The Kier molecular flexibility index (Phi) is 9.17. The molecule has 7 heavy (non-hydrogen) atoms. The minimum Gasteiger partial charge on any atom is -0.305 e. The van der Waals surface area contributed by atoms with Crippen LogP contribution in [0.3, 0.4) is 0 Å². The second kappa shape index (κ2) is 6.25. The molecule has 1 nitrogen and oxygen atoms in total. The first-order chi connectivity index (χ1) is 2.77. The van der Waals surface area contributed by atoms with Crippen LogP contribution in [0.5, 0.6) is 0 Å². The summed E-state index contributed by atoms with van der Waals surface area (Å²) < 4.78 is 0. The predicted octanol–water partition coefficient (Wildman–Crippen LogP) is 1.54. The van der Waals surface area contributed by atoms with E-state index in [1.54, 1.807) is 0 Å². The van der Waals surface area contributed by atoms with Crippen LogP contribution in [0, 0.1) is 6.54 Å². The van der Waals surface area contributed by atoms with Gasteiger partial charge in [-0.3, -0.25) is 0 Å². The summed E-state index contributed by atoms with van der Waals surface area (Å²) in [6.07, 6.45) is 1.13. The molecule has 0 spiro atoms. The van der Waals surface area contributed by atoms with Crippen LogP contribution in [-0.4, -0.2) is 19.0 Å². The summed E-state index contributed by atoms with van der Waals surface area (Å²) in [5.74, 6) is 0. The lowest BCUT2D eigenvalue weighted by atomic mass is 10.5. The monoisotopic (exact) mass is 122 g/mol. The third kappa shape index (κ3) is 10.7. The fourth-order valence-corrected chi connectivity index (χ4v) is 0.365. The van der Waals surface area contributed by atoms with Crippen molar-refractivity contribution in [2.24, 2.45) is 0 Å². The maximum atomic E-state index is 2.12. The van der Waals surface area contributed by atoms with E-state index in [4.69, 9.17) is 0 Å². The van der Waals surface area contributed by atoms with Gasteiger partial charge in [0.15, 0.2) is 0 Å². The third-order valence-electron chi connectivity index (χ3n) is 0.548. The Labute approximate surface area is 52.1 Å². The summed E-state index contributed by atoms with van der Waals surface area (Å²) >= 11 is 0. The summed E-state index contributed by atoms with van der Waals surface area (Å²) in [4.78, 5) is 2.06. The highest BCUT2D eigenvalue weighted by Crippen LogP contribution is 1.84. The van der Waals surface area contributed by atoms with E-state index in [2.05, 4.69) is 18.4 Å². The Morgan fingerprint density at radius 3 is 1.86 bits per heavy atom. The van der Waals surface area contributed by atoms with E-state index in [1.165, 1.54) is 0 Å². The number of hydrogen-bond donors (Lipinski definition) is 0. The van der Waals surface area contributed by atoms with Gasteiger partial charge in [0, 0.05) is 6.54 Å². The molecular weight excluding hydrogens is 110 g/mol. The second-order valence-corrected chi connectivity index (χ2v) is 1.55. The van der Waals surface area contributed by atoms with E-state index >= 15 is 0 Å². The van der Waals surface area contributed by atoms with Gasteiger partial charge in [-0.25, -0.2) is 0 Å². The molecule has 0 saturated carbocycles. The Morgan fingerprint density at radius 2 is 1.86 bits per heavy atom. The van der Waals surface area contributed by atoms with Crippen LogP contribution in [0.2, 0.25) is 0 Å². The Balaban J connectivity index is 0. The normalized spacial score (nSPS) is 8.57. The van der Waals surface area contributed by atoms with Crippen LogP contribution in [0.4, 0.5) is 0 Å². The molecule has 2 heteroatoms. The highest BCUT2D eigenvalue weighted by Gasteiger charge is 1.80. The molecule has 0 aliphatic heterocycles. The first-order valence-corrected chi connectivity index (χ1v) is 2.27. The lowest BCUT2D eigenvalue weighted by Gasteiger charge is -2.03. The van der Waals surface area contributed by atoms with Crippen molar-refractivity contribution >= 4 is 12.4 Å². The quantitative estimate of drug-likeness (QED) is 0.537. The fraction of sp³-hybridized carbons (Fsp3) is 0.800. The average molecular weight is 123 g/mol. The van der Waals surface area contributed by atoms with Crippen molar-refractivity contribution in [3.05, 3.63) is 6.54 Å². The van der Waals surface area contributed by atoms with Crippen LogP contribution in [0.1, 0.15) is 13.3 Å². The maximum absolute atomic E-state index is 2.12. The number of hydrogen-bond acceptors (Lipinski definition) is 1. The molecule has 0 aromatic carbocycles. The molecule has 0 aromatic heterocycles. The lowest BCUT2D eigenvalue weighted by molar-refractivity contribution is 0.484. The Hall–Kier alpha value is 0.250. The van der Waals surface area contributed by atoms with Gasteiger partial charge in [-0.1, -0.05) is 6.92 Å². The van der Waals surface area contributed by atoms with Gasteiger partial charge in [0.2, 0.25) is 0 Å². The molecule has 0 aliphatic rings. The van der Waals surface area contributed by atoms with Crippen molar-refractivity contribution in [1.82, 2.24) is 4.90 Å². The van der Waals surface area contributed by atoms with Gasteiger partial charge >= 0.3 is 0 Å². The average Bonchev–Trinajstić information content (AvgIpc) is 1.35. The first kappa shape index (κ1) is 10.3. The summed E-state index contributed by atoms with van der Waals surface area (Å²) in [5.41, 5.74) is 0. The van der Waals surface area contributed by atoms with Crippen molar-refractivity contribution in [3.63, 3.8) is 0 Å². The highest BCUT2D eigenvalue weighted by molar-refractivity contribution is 5.85. The number of nitrogens with zero attached hydrogens (tertiary/aromatic N) is 1. The molecule has 1 radical (unpaired) electrons. The first-order valence-electron chi connectivity index (χ1n) is 2.27. The summed E-state index contributed by atoms with van der Waals surface area (Å²) in [6.45, 7) is 4.25. The smallest absolute Gasteiger partial charge is 0.0242 e. The summed E-state index contributed by atoms with van der Waals surface area (Å²) in [5, 5.41) is 0. The van der Waals surface area contributed by atoms with E-state index < -0.39 is 0 Å². The van der Waals surface area contributed by atoms with Crippen molar-refractivity contribution in [3.8, 4) is 0 Å². The van der Waals surface area contributed by atoms with Crippen LogP contribution in [0.15, 0.2) is 0 Å². The molecule has 0 N–H and O–H groups in total. The van der Waals surface area contributed by atoms with Crippen molar-refractivity contribution in [2.45, 2.75) is 13.3 Å². The van der Waals surface area contributed by atoms with Gasteiger partial charge in [-0.05, 0) is 20.5 Å². The van der Waals surface area contributed by atoms with E-state index in [9.17, 15) is 0 Å². The van der Waals surface area contributed by atoms with E-state index in [-0.39, 0.29) is 12.4 Å². The van der Waals surface area contributed by atoms with E-state index in [1.807, 2.05) is 14.1 Å². The molecule has 0 amide bonds. The van der Waals surface area contributed by atoms with Gasteiger partial charge in [-0.2, -0.15) is 0 Å². The number of rotatable bonds is 2. The molecule has 0 unspecified atom stereocenters. The largest absolute Gasteiger partial charge is 0.305 e. The fourth-order valence-electron chi connectivity index (χ4n) is 0.365. The molecule has 0 saturated heterocycles. The minimum absolute atomic E-state index is 0. The van der Waals surface area contributed by atoms with Gasteiger partial charge in [0.05, 0.1) is 0 Å². The molecule has 0 aliphatic carbocycles. The molecule has 45 valence electrons. The highest BCUT2D eigenvalue weighted by atomic mass is 35.5. The van der Waals surface area contributed by atoms with Crippen LogP contribution < -0.4 is 0 Å². The lowest BCUT2D eigenvalue weighted by Crippen LogP contribution is -2.05. The predicted molar refractivity (Wildman–Crippen MR) is 35.5 cm³/mol. The van der Waals surface area contributed by atoms with E-state index in [0.717, 1.165) is 6.42 Å². The molecule has 0 heterocycles. The standard InChI is InChI=1S/C5H12N.ClH/c1-4-5-6(2)3;/h5H,4H2,1-3H3;1H.